The monoisotopic (exact) mass is 485 g/mol. The Hall–Kier alpha value is -3.10. The van der Waals surface area contributed by atoms with E-state index in [0.717, 1.165) is 0 Å². The zero-order valence-corrected chi connectivity index (χ0v) is 19.9. The van der Waals surface area contributed by atoms with Crippen LogP contribution in [0.15, 0.2) is 42.5 Å². The second-order valence-corrected chi connectivity index (χ2v) is 8.88. The molecule has 4 rings (SSSR count). The average Bonchev–Trinajstić information content (AvgIpc) is 2.82. The van der Waals surface area contributed by atoms with Gasteiger partial charge in [0.2, 0.25) is 5.91 Å². The maximum Gasteiger partial charge on any atom is 0.257 e. The number of nitrogens with zero attached hydrogens (tertiary/aromatic N) is 1. The molecule has 2 aromatic rings. The molecule has 0 unspecified atom stereocenters. The lowest BCUT2D eigenvalue weighted by Crippen LogP contribution is -2.54. The number of benzene rings is 2. The molecule has 0 aromatic heterocycles. The maximum atomic E-state index is 13.3. The third-order valence-corrected chi connectivity index (χ3v) is 6.50. The molecule has 2 N–H and O–H groups in total. The largest absolute Gasteiger partial charge is 0.490 e. The van der Waals surface area contributed by atoms with Gasteiger partial charge in [-0.05, 0) is 50.1 Å². The Morgan fingerprint density at radius 2 is 1.97 bits per heavy atom. The van der Waals surface area contributed by atoms with Gasteiger partial charge in [-0.3, -0.25) is 14.4 Å². The first kappa shape index (κ1) is 24.0. The van der Waals surface area contributed by atoms with Gasteiger partial charge in [-0.25, -0.2) is 0 Å². The minimum atomic E-state index is -0.364. The summed E-state index contributed by atoms with van der Waals surface area (Å²) in [6.45, 7) is 2.71. The summed E-state index contributed by atoms with van der Waals surface area (Å²) in [5.74, 6) is -0.208. The van der Waals surface area contributed by atoms with Crippen LogP contribution in [0.3, 0.4) is 0 Å². The first-order chi connectivity index (χ1) is 16.4. The molecule has 3 amide bonds. The molecule has 0 bridgehead atoms. The number of fused-ring (bicyclic) bond motifs is 2. The molecule has 9 heteroatoms. The van der Waals surface area contributed by atoms with Gasteiger partial charge in [-0.2, -0.15) is 0 Å². The SMILES string of the molecule is CCNC(=O)C[C@H]1CC[C@H]2[C@H](COc3ccc(NC(=O)c4ccccc4Cl)cc3C(=O)N2C)O1. The number of rotatable bonds is 5. The van der Waals surface area contributed by atoms with E-state index in [9.17, 15) is 14.4 Å². The number of likely N-dealkylation sites (N-methyl/N-ethyl adjacent to an activating group) is 1. The van der Waals surface area contributed by atoms with Crippen LogP contribution in [0.2, 0.25) is 5.02 Å². The third-order valence-electron chi connectivity index (χ3n) is 6.18. The highest BCUT2D eigenvalue weighted by atomic mass is 35.5. The van der Waals surface area contributed by atoms with Crippen molar-refractivity contribution in [3.63, 3.8) is 0 Å². The van der Waals surface area contributed by atoms with Gasteiger partial charge in [0.25, 0.3) is 11.8 Å². The van der Waals surface area contributed by atoms with Gasteiger partial charge in [-0.15, -0.1) is 0 Å². The molecule has 180 valence electrons. The van der Waals surface area contributed by atoms with Crippen molar-refractivity contribution in [1.29, 1.82) is 0 Å². The Morgan fingerprint density at radius 3 is 2.74 bits per heavy atom. The van der Waals surface area contributed by atoms with Gasteiger partial charge < -0.3 is 25.0 Å². The summed E-state index contributed by atoms with van der Waals surface area (Å²) in [6, 6.07) is 11.6. The standard InChI is InChI=1S/C25H28ClN3O5/c1-3-27-23(30)13-16-9-10-20-22(34-16)14-33-21-11-8-15(12-18(21)25(32)29(20)2)28-24(31)17-6-4-5-7-19(17)26/h4-8,11-12,16,20,22H,3,9-10,13-14H2,1-2H3,(H,27,30)(H,28,31)/t16-,20+,22+/m1/s1. The van der Waals surface area contributed by atoms with E-state index in [-0.39, 0.29) is 42.6 Å². The highest BCUT2D eigenvalue weighted by Crippen LogP contribution is 2.32. The summed E-state index contributed by atoms with van der Waals surface area (Å²) in [6.07, 6.45) is 1.13. The molecular weight excluding hydrogens is 458 g/mol. The Kier molecular flexibility index (Phi) is 7.38. The normalized spacial score (nSPS) is 21.9. The van der Waals surface area contributed by atoms with E-state index in [1.165, 1.54) is 0 Å². The predicted octanol–water partition coefficient (Wildman–Crippen LogP) is 3.50. The van der Waals surface area contributed by atoms with Crippen LogP contribution in [0.1, 0.15) is 46.9 Å². The van der Waals surface area contributed by atoms with E-state index in [4.69, 9.17) is 21.1 Å². The van der Waals surface area contributed by atoms with E-state index in [2.05, 4.69) is 10.6 Å². The summed E-state index contributed by atoms with van der Waals surface area (Å²) in [7, 11) is 1.75. The van der Waals surface area contributed by atoms with E-state index in [1.807, 2.05) is 6.92 Å². The second-order valence-electron chi connectivity index (χ2n) is 8.47. The quantitative estimate of drug-likeness (QED) is 0.675. The Morgan fingerprint density at radius 1 is 1.18 bits per heavy atom. The first-order valence-corrected chi connectivity index (χ1v) is 11.8. The van der Waals surface area contributed by atoms with Crippen LogP contribution < -0.4 is 15.4 Å². The van der Waals surface area contributed by atoms with Gasteiger partial charge in [0.1, 0.15) is 18.5 Å². The van der Waals surface area contributed by atoms with Crippen molar-refractivity contribution in [1.82, 2.24) is 10.2 Å². The smallest absolute Gasteiger partial charge is 0.257 e. The van der Waals surface area contributed by atoms with E-state index >= 15 is 0 Å². The molecule has 0 saturated carbocycles. The van der Waals surface area contributed by atoms with Crippen molar-refractivity contribution in [3.8, 4) is 5.75 Å². The fourth-order valence-electron chi connectivity index (χ4n) is 4.43. The molecule has 0 radical (unpaired) electrons. The van der Waals surface area contributed by atoms with Crippen molar-refractivity contribution < 1.29 is 23.9 Å². The second kappa shape index (κ2) is 10.4. The number of hydrogen-bond donors (Lipinski definition) is 2. The number of amides is 3. The van der Waals surface area contributed by atoms with Crippen LogP contribution in [-0.4, -0.2) is 61.1 Å². The molecule has 2 aliphatic rings. The fraction of sp³-hybridized carbons (Fsp3) is 0.400. The minimum absolute atomic E-state index is 0.0427. The van der Waals surface area contributed by atoms with Crippen LogP contribution in [0.4, 0.5) is 5.69 Å². The Bertz CT molecular complexity index is 1090. The van der Waals surface area contributed by atoms with Crippen LogP contribution in [0.25, 0.3) is 0 Å². The number of hydrogen-bond acceptors (Lipinski definition) is 5. The number of nitrogens with one attached hydrogen (secondary N) is 2. The van der Waals surface area contributed by atoms with Crippen LogP contribution in [0, 0.1) is 0 Å². The summed E-state index contributed by atoms with van der Waals surface area (Å²) in [4.78, 5) is 39.6. The molecule has 34 heavy (non-hydrogen) atoms. The molecule has 0 aliphatic carbocycles. The molecule has 2 aliphatic heterocycles. The minimum Gasteiger partial charge on any atom is -0.490 e. The van der Waals surface area contributed by atoms with Crippen molar-refractivity contribution in [2.75, 3.05) is 25.5 Å². The molecule has 2 aromatic carbocycles. The zero-order chi connectivity index (χ0) is 24.2. The number of anilines is 1. The average molecular weight is 486 g/mol. The number of ether oxygens (including phenoxy) is 2. The molecule has 1 fully saturated rings. The summed E-state index contributed by atoms with van der Waals surface area (Å²) in [5.41, 5.74) is 1.18. The van der Waals surface area contributed by atoms with Crippen molar-refractivity contribution in [2.45, 2.75) is 44.4 Å². The molecule has 3 atom stereocenters. The molecule has 1 saturated heterocycles. The summed E-state index contributed by atoms with van der Waals surface area (Å²) < 4.78 is 12.1. The summed E-state index contributed by atoms with van der Waals surface area (Å²) >= 11 is 6.13. The lowest BCUT2D eigenvalue weighted by Gasteiger charge is -2.42. The summed E-state index contributed by atoms with van der Waals surface area (Å²) in [5, 5.41) is 5.94. The lowest BCUT2D eigenvalue weighted by molar-refractivity contribution is -0.133. The molecule has 0 spiro atoms. The molecular formula is C25H28ClN3O5. The number of carbonyl (C=O) groups is 3. The predicted molar refractivity (Wildman–Crippen MR) is 128 cm³/mol. The van der Waals surface area contributed by atoms with E-state index < -0.39 is 0 Å². The number of halogens is 1. The highest BCUT2D eigenvalue weighted by molar-refractivity contribution is 6.34. The van der Waals surface area contributed by atoms with E-state index in [1.54, 1.807) is 54.4 Å². The van der Waals surface area contributed by atoms with Crippen molar-refractivity contribution in [2.24, 2.45) is 0 Å². The topological polar surface area (TPSA) is 97.0 Å². The molecule has 2 heterocycles. The number of carbonyl (C=O) groups excluding carboxylic acids is 3. The Balaban J connectivity index is 1.50. The van der Waals surface area contributed by atoms with Gasteiger partial charge in [0.15, 0.2) is 0 Å². The van der Waals surface area contributed by atoms with Crippen molar-refractivity contribution in [3.05, 3.63) is 58.6 Å². The fourth-order valence-corrected chi connectivity index (χ4v) is 4.65. The van der Waals surface area contributed by atoms with Gasteiger partial charge in [0.05, 0.1) is 34.7 Å². The van der Waals surface area contributed by atoms with E-state index in [0.29, 0.717) is 53.4 Å². The maximum absolute atomic E-state index is 13.3. The Labute approximate surface area is 203 Å². The van der Waals surface area contributed by atoms with Gasteiger partial charge in [0, 0.05) is 19.3 Å². The van der Waals surface area contributed by atoms with Gasteiger partial charge >= 0.3 is 0 Å². The third kappa shape index (κ3) is 5.18. The lowest BCUT2D eigenvalue weighted by atomic mass is 9.94. The highest BCUT2D eigenvalue weighted by Gasteiger charge is 2.39. The van der Waals surface area contributed by atoms with Crippen LogP contribution in [0.5, 0.6) is 5.75 Å². The zero-order valence-electron chi connectivity index (χ0n) is 19.2. The first-order valence-electron chi connectivity index (χ1n) is 11.4. The molecule has 8 nitrogen and oxygen atoms in total. The van der Waals surface area contributed by atoms with Gasteiger partial charge in [-0.1, -0.05) is 23.7 Å². The van der Waals surface area contributed by atoms with Crippen molar-refractivity contribution >= 4 is 35.0 Å². The van der Waals surface area contributed by atoms with Crippen LogP contribution in [-0.2, 0) is 9.53 Å². The van der Waals surface area contributed by atoms with Crippen LogP contribution >= 0.6 is 11.6 Å².